The minimum atomic E-state index is -0.571. The van der Waals surface area contributed by atoms with Crippen molar-refractivity contribution in [3.8, 4) is 0 Å². The fourth-order valence-electron chi connectivity index (χ4n) is 2.86. The third-order valence-corrected chi connectivity index (χ3v) is 4.28. The Kier molecular flexibility index (Phi) is 6.03. The molecule has 21 heavy (non-hydrogen) atoms. The van der Waals surface area contributed by atoms with E-state index in [0.717, 1.165) is 31.5 Å². The van der Waals surface area contributed by atoms with Crippen LogP contribution in [0.15, 0.2) is 24.3 Å². The van der Waals surface area contributed by atoms with Gasteiger partial charge in [0.2, 0.25) is 5.91 Å². The number of benzene rings is 1. The highest BCUT2D eigenvalue weighted by Crippen LogP contribution is 2.25. The Bertz CT molecular complexity index is 481. The molecule has 1 saturated heterocycles. The third-order valence-electron chi connectivity index (χ3n) is 3.94. The van der Waals surface area contributed by atoms with Gasteiger partial charge in [0.25, 0.3) is 0 Å². The summed E-state index contributed by atoms with van der Waals surface area (Å²) in [5.74, 6) is 0.476. The average molecular weight is 311 g/mol. The summed E-state index contributed by atoms with van der Waals surface area (Å²) >= 11 is 6.12. The van der Waals surface area contributed by atoms with Crippen LogP contribution in [0.2, 0.25) is 5.02 Å². The van der Waals surface area contributed by atoms with Gasteiger partial charge in [0, 0.05) is 37.1 Å². The molecule has 1 amide bonds. The maximum Gasteiger partial charge on any atom is 0.216 e. The number of likely N-dealkylation sites (tertiary alicyclic amines) is 1. The molecule has 2 unspecified atom stereocenters. The van der Waals surface area contributed by atoms with Crippen LogP contribution in [0.4, 0.5) is 0 Å². The number of nitrogens with one attached hydrogen (secondary N) is 1. The molecule has 0 bridgehead atoms. The highest BCUT2D eigenvalue weighted by molar-refractivity contribution is 6.31. The van der Waals surface area contributed by atoms with E-state index in [9.17, 15) is 9.90 Å². The molecule has 1 aliphatic rings. The lowest BCUT2D eigenvalue weighted by Crippen LogP contribution is -2.42. The van der Waals surface area contributed by atoms with Gasteiger partial charge in [-0.25, -0.2) is 0 Å². The van der Waals surface area contributed by atoms with Crippen LogP contribution < -0.4 is 5.32 Å². The smallest absolute Gasteiger partial charge is 0.216 e. The second kappa shape index (κ2) is 7.78. The zero-order valence-electron chi connectivity index (χ0n) is 12.4. The zero-order valence-corrected chi connectivity index (χ0v) is 13.1. The first-order valence-electron chi connectivity index (χ1n) is 7.45. The third kappa shape index (κ3) is 4.99. The van der Waals surface area contributed by atoms with Gasteiger partial charge in [-0.05, 0) is 31.4 Å². The molecular formula is C16H23ClN2O2. The Morgan fingerprint density at radius 3 is 3.00 bits per heavy atom. The number of halogens is 1. The highest BCUT2D eigenvalue weighted by atomic mass is 35.5. The normalized spacial score (nSPS) is 21.0. The topological polar surface area (TPSA) is 52.6 Å². The van der Waals surface area contributed by atoms with E-state index in [1.807, 2.05) is 18.2 Å². The van der Waals surface area contributed by atoms with Gasteiger partial charge in [-0.1, -0.05) is 29.8 Å². The Hall–Kier alpha value is -1.10. The van der Waals surface area contributed by atoms with Crippen molar-refractivity contribution >= 4 is 17.5 Å². The largest absolute Gasteiger partial charge is 0.387 e. The molecule has 1 fully saturated rings. The van der Waals surface area contributed by atoms with E-state index in [1.54, 1.807) is 13.0 Å². The quantitative estimate of drug-likeness (QED) is 0.877. The lowest BCUT2D eigenvalue weighted by atomic mass is 9.97. The summed E-state index contributed by atoms with van der Waals surface area (Å²) in [4.78, 5) is 13.2. The second-order valence-electron chi connectivity index (χ2n) is 5.74. The predicted molar refractivity (Wildman–Crippen MR) is 84.3 cm³/mol. The second-order valence-corrected chi connectivity index (χ2v) is 6.15. The summed E-state index contributed by atoms with van der Waals surface area (Å²) in [6.07, 6.45) is 1.65. The number of rotatable bonds is 5. The lowest BCUT2D eigenvalue weighted by Gasteiger charge is -2.34. The Morgan fingerprint density at radius 1 is 1.52 bits per heavy atom. The van der Waals surface area contributed by atoms with Crippen molar-refractivity contribution in [2.45, 2.75) is 25.9 Å². The summed E-state index contributed by atoms with van der Waals surface area (Å²) in [7, 11) is 0. The number of nitrogens with zero attached hydrogens (tertiary/aromatic N) is 1. The molecule has 0 aliphatic carbocycles. The molecule has 0 aromatic heterocycles. The van der Waals surface area contributed by atoms with Gasteiger partial charge in [0.15, 0.2) is 0 Å². The Labute approximate surface area is 131 Å². The van der Waals surface area contributed by atoms with Crippen LogP contribution in [-0.2, 0) is 4.79 Å². The summed E-state index contributed by atoms with van der Waals surface area (Å²) in [6.45, 7) is 4.73. The first-order chi connectivity index (χ1) is 10.1. The molecule has 0 radical (unpaired) electrons. The van der Waals surface area contributed by atoms with Gasteiger partial charge < -0.3 is 15.3 Å². The molecule has 1 aromatic rings. The van der Waals surface area contributed by atoms with Crippen molar-refractivity contribution < 1.29 is 9.90 Å². The zero-order chi connectivity index (χ0) is 15.2. The van der Waals surface area contributed by atoms with E-state index >= 15 is 0 Å². The van der Waals surface area contributed by atoms with Crippen LogP contribution in [0.1, 0.15) is 31.4 Å². The minimum Gasteiger partial charge on any atom is -0.387 e. The first kappa shape index (κ1) is 16.3. The number of carbonyl (C=O) groups excluding carboxylic acids is 1. The van der Waals surface area contributed by atoms with Crippen LogP contribution in [0.3, 0.4) is 0 Å². The standard InChI is InChI=1S/C16H23ClN2O2/c1-12(20)18-9-13-5-4-8-19(10-13)11-16(21)14-6-2-3-7-15(14)17/h2-3,6-7,13,16,21H,4-5,8-11H2,1H3,(H,18,20). The molecule has 2 N–H and O–H groups in total. The number of aliphatic hydroxyl groups is 1. The van der Waals surface area contributed by atoms with E-state index in [4.69, 9.17) is 11.6 Å². The van der Waals surface area contributed by atoms with Crippen LogP contribution in [-0.4, -0.2) is 42.1 Å². The van der Waals surface area contributed by atoms with Crippen LogP contribution in [0.5, 0.6) is 0 Å². The van der Waals surface area contributed by atoms with Gasteiger partial charge in [-0.3, -0.25) is 4.79 Å². The van der Waals surface area contributed by atoms with Gasteiger partial charge in [0.05, 0.1) is 6.10 Å². The van der Waals surface area contributed by atoms with Crippen molar-refractivity contribution in [2.24, 2.45) is 5.92 Å². The molecule has 116 valence electrons. The molecular weight excluding hydrogens is 288 g/mol. The number of hydrogen-bond acceptors (Lipinski definition) is 3. The lowest BCUT2D eigenvalue weighted by molar-refractivity contribution is -0.119. The number of piperidine rings is 1. The highest BCUT2D eigenvalue weighted by Gasteiger charge is 2.23. The van der Waals surface area contributed by atoms with Gasteiger partial charge in [0.1, 0.15) is 0 Å². The van der Waals surface area contributed by atoms with Crippen LogP contribution >= 0.6 is 11.6 Å². The molecule has 2 atom stereocenters. The van der Waals surface area contributed by atoms with Crippen molar-refractivity contribution in [2.75, 3.05) is 26.2 Å². The Morgan fingerprint density at radius 2 is 2.29 bits per heavy atom. The molecule has 1 aromatic carbocycles. The number of carbonyl (C=O) groups is 1. The average Bonchev–Trinajstić information content (AvgIpc) is 2.46. The van der Waals surface area contributed by atoms with Gasteiger partial charge in [-0.15, -0.1) is 0 Å². The maximum absolute atomic E-state index is 11.0. The van der Waals surface area contributed by atoms with Gasteiger partial charge >= 0.3 is 0 Å². The molecule has 1 heterocycles. The molecule has 4 nitrogen and oxygen atoms in total. The number of β-amino-alcohol motifs (C(OH)–C–C–N with tert-alkyl or cyclic N) is 1. The van der Waals surface area contributed by atoms with E-state index in [1.165, 1.54) is 0 Å². The summed E-state index contributed by atoms with van der Waals surface area (Å²) < 4.78 is 0. The van der Waals surface area contributed by atoms with Crippen LogP contribution in [0.25, 0.3) is 0 Å². The van der Waals surface area contributed by atoms with E-state index in [-0.39, 0.29) is 5.91 Å². The molecule has 2 rings (SSSR count). The van der Waals surface area contributed by atoms with Crippen molar-refractivity contribution in [1.29, 1.82) is 0 Å². The SMILES string of the molecule is CC(=O)NCC1CCCN(CC(O)c2ccccc2Cl)C1. The maximum atomic E-state index is 11.0. The first-order valence-corrected chi connectivity index (χ1v) is 7.83. The Balaban J connectivity index is 1.87. The molecule has 5 heteroatoms. The number of amides is 1. The molecule has 1 aliphatic heterocycles. The van der Waals surface area contributed by atoms with E-state index < -0.39 is 6.10 Å². The monoisotopic (exact) mass is 310 g/mol. The van der Waals surface area contributed by atoms with E-state index in [0.29, 0.717) is 24.0 Å². The number of aliphatic hydroxyl groups excluding tert-OH is 1. The minimum absolute atomic E-state index is 0.0169. The van der Waals surface area contributed by atoms with Crippen molar-refractivity contribution in [3.05, 3.63) is 34.9 Å². The molecule has 0 saturated carbocycles. The fourth-order valence-corrected chi connectivity index (χ4v) is 3.12. The van der Waals surface area contributed by atoms with Gasteiger partial charge in [-0.2, -0.15) is 0 Å². The summed E-state index contributed by atoms with van der Waals surface area (Å²) in [5.41, 5.74) is 0.781. The van der Waals surface area contributed by atoms with Crippen molar-refractivity contribution in [3.63, 3.8) is 0 Å². The van der Waals surface area contributed by atoms with Crippen molar-refractivity contribution in [1.82, 2.24) is 10.2 Å². The summed E-state index contributed by atoms with van der Waals surface area (Å²) in [5, 5.41) is 13.9. The fraction of sp³-hybridized carbons (Fsp3) is 0.562. The molecule has 0 spiro atoms. The summed E-state index contributed by atoms with van der Waals surface area (Å²) in [6, 6.07) is 7.42. The predicted octanol–water partition coefficient (Wildman–Crippen LogP) is 2.22. The van der Waals surface area contributed by atoms with Crippen LogP contribution in [0, 0.1) is 5.92 Å². The van der Waals surface area contributed by atoms with E-state index in [2.05, 4.69) is 10.2 Å². The number of hydrogen-bond donors (Lipinski definition) is 2.